The van der Waals surface area contributed by atoms with Gasteiger partial charge < -0.3 is 20.0 Å². The van der Waals surface area contributed by atoms with Gasteiger partial charge in [0.2, 0.25) is 0 Å². The molecule has 2 fully saturated rings. The largest absolute Gasteiger partial charge is 0.367 e. The number of rotatable bonds is 4. The van der Waals surface area contributed by atoms with E-state index in [1.165, 1.54) is 18.4 Å². The van der Waals surface area contributed by atoms with Crippen molar-refractivity contribution < 1.29 is 0 Å². The van der Waals surface area contributed by atoms with Crippen LogP contribution in [0, 0.1) is 0 Å². The highest BCUT2D eigenvalue weighted by Gasteiger charge is 2.21. The Morgan fingerprint density at radius 1 is 1.00 bits per heavy atom. The highest BCUT2D eigenvalue weighted by molar-refractivity contribution is 6.33. The second kappa shape index (κ2) is 9.35. The number of nitrogens with one attached hydrogen (secondary N) is 1. The molecule has 2 aliphatic rings. The van der Waals surface area contributed by atoms with Crippen molar-refractivity contribution >= 4 is 29.1 Å². The number of hydrogen-bond donors (Lipinski definition) is 1. The van der Waals surface area contributed by atoms with E-state index in [2.05, 4.69) is 48.2 Å². The Balaban J connectivity index is 1.29. The molecule has 0 radical (unpaired) electrons. The lowest BCUT2D eigenvalue weighted by Gasteiger charge is -2.38. The first-order chi connectivity index (χ1) is 14.2. The first kappa shape index (κ1) is 19.8. The number of piperazine rings is 1. The molecular formula is C22H29ClN6. The van der Waals surface area contributed by atoms with Crippen molar-refractivity contribution in [3.05, 3.63) is 53.2 Å². The van der Waals surface area contributed by atoms with Crippen molar-refractivity contribution in [2.45, 2.75) is 19.4 Å². The monoisotopic (exact) mass is 412 g/mol. The lowest BCUT2D eigenvalue weighted by molar-refractivity contribution is 0.372. The van der Waals surface area contributed by atoms with Crippen molar-refractivity contribution in [2.24, 2.45) is 4.99 Å². The third-order valence-electron chi connectivity index (χ3n) is 5.67. The van der Waals surface area contributed by atoms with E-state index >= 15 is 0 Å². The molecule has 2 aliphatic heterocycles. The van der Waals surface area contributed by atoms with E-state index in [4.69, 9.17) is 11.6 Å². The number of hydrogen-bond acceptors (Lipinski definition) is 4. The molecule has 0 bridgehead atoms. The average Bonchev–Trinajstić information content (AvgIpc) is 3.30. The zero-order chi connectivity index (χ0) is 20.1. The summed E-state index contributed by atoms with van der Waals surface area (Å²) in [6.07, 6.45) is 4.51. The maximum atomic E-state index is 6.35. The van der Waals surface area contributed by atoms with Crippen LogP contribution in [0.4, 0.5) is 11.5 Å². The summed E-state index contributed by atoms with van der Waals surface area (Å²) in [5.41, 5.74) is 2.28. The van der Waals surface area contributed by atoms with Crippen LogP contribution in [0.15, 0.2) is 47.6 Å². The second-order valence-electron chi connectivity index (χ2n) is 7.55. The summed E-state index contributed by atoms with van der Waals surface area (Å²) >= 11 is 6.35. The number of aromatic nitrogens is 1. The Hall–Kier alpha value is -2.47. The van der Waals surface area contributed by atoms with Gasteiger partial charge in [-0.05, 0) is 36.6 Å². The molecule has 0 amide bonds. The van der Waals surface area contributed by atoms with Crippen molar-refractivity contribution in [3.63, 3.8) is 0 Å². The molecule has 2 saturated heterocycles. The fraction of sp³-hybridized carbons (Fsp3) is 0.455. The number of anilines is 2. The molecule has 0 spiro atoms. The minimum absolute atomic E-state index is 0.727. The first-order valence-electron chi connectivity index (χ1n) is 10.4. The maximum Gasteiger partial charge on any atom is 0.194 e. The topological polar surface area (TPSA) is 47.0 Å². The SMILES string of the molecule is CN=C(NCc1ccc(N2CCCC2)nc1)N1CCN(c2ccccc2Cl)CC1. The fourth-order valence-electron chi connectivity index (χ4n) is 4.04. The van der Waals surface area contributed by atoms with Crippen molar-refractivity contribution in [1.29, 1.82) is 0 Å². The van der Waals surface area contributed by atoms with E-state index in [1.807, 2.05) is 31.4 Å². The number of benzene rings is 1. The van der Waals surface area contributed by atoms with Crippen molar-refractivity contribution in [3.8, 4) is 0 Å². The first-order valence-corrected chi connectivity index (χ1v) is 10.8. The van der Waals surface area contributed by atoms with E-state index in [1.54, 1.807) is 0 Å². The van der Waals surface area contributed by atoms with Crippen LogP contribution >= 0.6 is 11.6 Å². The van der Waals surface area contributed by atoms with Gasteiger partial charge in [-0.2, -0.15) is 0 Å². The Labute approximate surface area is 178 Å². The molecule has 6 nitrogen and oxygen atoms in total. The van der Waals surface area contributed by atoms with Crippen molar-refractivity contribution in [2.75, 3.05) is 56.1 Å². The predicted octanol–water partition coefficient (Wildman–Crippen LogP) is 3.23. The van der Waals surface area contributed by atoms with Crippen LogP contribution in [0.1, 0.15) is 18.4 Å². The lowest BCUT2D eigenvalue weighted by Crippen LogP contribution is -2.52. The summed E-state index contributed by atoms with van der Waals surface area (Å²) in [7, 11) is 1.84. The molecule has 2 aromatic rings. The number of nitrogens with zero attached hydrogens (tertiary/aromatic N) is 5. The molecule has 4 rings (SSSR count). The van der Waals surface area contributed by atoms with Gasteiger partial charge >= 0.3 is 0 Å². The third kappa shape index (κ3) is 4.75. The van der Waals surface area contributed by atoms with Gasteiger partial charge in [0.05, 0.1) is 10.7 Å². The highest BCUT2D eigenvalue weighted by atomic mass is 35.5. The van der Waals surface area contributed by atoms with E-state index in [-0.39, 0.29) is 0 Å². The van der Waals surface area contributed by atoms with Gasteiger partial charge in [-0.3, -0.25) is 4.99 Å². The number of guanidine groups is 1. The number of aliphatic imine (C=N–C) groups is 1. The van der Waals surface area contributed by atoms with Crippen LogP contribution in [0.5, 0.6) is 0 Å². The molecule has 154 valence electrons. The quantitative estimate of drug-likeness (QED) is 0.617. The van der Waals surface area contributed by atoms with Gasteiger partial charge in [0, 0.05) is 59.1 Å². The third-order valence-corrected chi connectivity index (χ3v) is 5.99. The predicted molar refractivity (Wildman–Crippen MR) is 121 cm³/mol. The number of para-hydroxylation sites is 1. The Kier molecular flexibility index (Phi) is 6.39. The fourth-order valence-corrected chi connectivity index (χ4v) is 4.29. The molecule has 0 atom stereocenters. The van der Waals surface area contributed by atoms with Gasteiger partial charge in [0.1, 0.15) is 5.82 Å². The van der Waals surface area contributed by atoms with Crippen LogP contribution in [0.3, 0.4) is 0 Å². The molecule has 1 aromatic heterocycles. The van der Waals surface area contributed by atoms with Gasteiger partial charge in [-0.25, -0.2) is 4.98 Å². The van der Waals surface area contributed by atoms with Crippen molar-refractivity contribution in [1.82, 2.24) is 15.2 Å². The summed E-state index contributed by atoms with van der Waals surface area (Å²) in [6.45, 7) is 6.65. The average molecular weight is 413 g/mol. The Morgan fingerprint density at radius 3 is 2.41 bits per heavy atom. The molecule has 0 unspecified atom stereocenters. The minimum atomic E-state index is 0.727. The molecule has 1 N–H and O–H groups in total. The van der Waals surface area contributed by atoms with Gasteiger partial charge in [-0.15, -0.1) is 0 Å². The Bertz CT molecular complexity index is 823. The Morgan fingerprint density at radius 2 is 1.76 bits per heavy atom. The molecule has 29 heavy (non-hydrogen) atoms. The normalized spacial score (nSPS) is 17.7. The van der Waals surface area contributed by atoms with Crippen LogP contribution in [-0.4, -0.2) is 62.2 Å². The van der Waals surface area contributed by atoms with Crippen LogP contribution in [0.25, 0.3) is 0 Å². The molecule has 3 heterocycles. The van der Waals surface area contributed by atoms with Gasteiger partial charge in [0.15, 0.2) is 5.96 Å². The van der Waals surface area contributed by atoms with Crippen LogP contribution in [0.2, 0.25) is 5.02 Å². The zero-order valence-corrected chi connectivity index (χ0v) is 17.8. The smallest absolute Gasteiger partial charge is 0.194 e. The summed E-state index contributed by atoms with van der Waals surface area (Å²) in [6, 6.07) is 12.3. The van der Waals surface area contributed by atoms with Gasteiger partial charge in [-0.1, -0.05) is 29.8 Å². The molecule has 7 heteroatoms. The molecule has 0 aliphatic carbocycles. The molecule has 1 aromatic carbocycles. The van der Waals surface area contributed by atoms with Gasteiger partial charge in [0.25, 0.3) is 0 Å². The lowest BCUT2D eigenvalue weighted by atomic mass is 10.2. The standard InChI is InChI=1S/C22H29ClN6/c1-24-22(26-17-18-8-9-21(25-16-18)28-10-4-5-11-28)29-14-12-27(13-15-29)20-7-3-2-6-19(20)23/h2-3,6-9,16H,4-5,10-15,17H2,1H3,(H,24,26). The van der Waals surface area contributed by atoms with Crippen LogP contribution in [-0.2, 0) is 6.54 Å². The van der Waals surface area contributed by atoms with E-state index < -0.39 is 0 Å². The highest BCUT2D eigenvalue weighted by Crippen LogP contribution is 2.26. The van der Waals surface area contributed by atoms with E-state index in [9.17, 15) is 0 Å². The molecular weight excluding hydrogens is 384 g/mol. The van der Waals surface area contributed by atoms with E-state index in [0.717, 1.165) is 68.3 Å². The van der Waals surface area contributed by atoms with Crippen LogP contribution < -0.4 is 15.1 Å². The minimum Gasteiger partial charge on any atom is -0.367 e. The maximum absolute atomic E-state index is 6.35. The summed E-state index contributed by atoms with van der Waals surface area (Å²) < 4.78 is 0. The summed E-state index contributed by atoms with van der Waals surface area (Å²) in [5.74, 6) is 2.03. The zero-order valence-electron chi connectivity index (χ0n) is 17.0. The summed E-state index contributed by atoms with van der Waals surface area (Å²) in [5, 5.41) is 4.30. The molecule has 0 saturated carbocycles. The summed E-state index contributed by atoms with van der Waals surface area (Å²) in [4.78, 5) is 16.1. The second-order valence-corrected chi connectivity index (χ2v) is 7.95. The van der Waals surface area contributed by atoms with E-state index in [0.29, 0.717) is 0 Å². The number of halogens is 1. The number of pyridine rings is 1.